The maximum Gasteiger partial charge on any atom is 0.336 e. The maximum absolute atomic E-state index is 12.8. The molecule has 1 saturated carbocycles. The molecule has 4 saturated heterocycles. The van der Waals surface area contributed by atoms with Crippen LogP contribution in [0.2, 0.25) is 0 Å². The number of fused-ring (bicyclic) bond motifs is 1. The van der Waals surface area contributed by atoms with Crippen LogP contribution in [-0.4, -0.2) is 58.9 Å². The first-order chi connectivity index (χ1) is 11.2. The number of rotatable bonds is 1. The summed E-state index contributed by atoms with van der Waals surface area (Å²) in [6, 6.07) is 0.642. The Bertz CT molecular complexity index is 569. The number of esters is 1. The Balaban J connectivity index is 1.59. The molecule has 6 aliphatic rings. The zero-order valence-electron chi connectivity index (χ0n) is 13.6. The lowest BCUT2D eigenvalue weighted by molar-refractivity contribution is -0.188. The van der Waals surface area contributed by atoms with E-state index in [1.165, 1.54) is 31.3 Å². The lowest BCUT2D eigenvalue weighted by Gasteiger charge is -2.60. The number of carbonyl (C=O) groups is 1. The van der Waals surface area contributed by atoms with E-state index in [1.54, 1.807) is 0 Å². The van der Waals surface area contributed by atoms with Crippen molar-refractivity contribution in [1.29, 1.82) is 0 Å². The molecule has 0 aromatic heterocycles. The summed E-state index contributed by atoms with van der Waals surface area (Å²) >= 11 is 0. The highest BCUT2D eigenvalue weighted by atomic mass is 16.6. The van der Waals surface area contributed by atoms with E-state index in [-0.39, 0.29) is 24.2 Å². The van der Waals surface area contributed by atoms with Crippen LogP contribution in [0.15, 0.2) is 11.1 Å². The molecule has 5 fully saturated rings. The van der Waals surface area contributed by atoms with Crippen molar-refractivity contribution in [1.82, 2.24) is 10.2 Å². The summed E-state index contributed by atoms with van der Waals surface area (Å²) in [5, 5.41) is 14.1. The van der Waals surface area contributed by atoms with Gasteiger partial charge < -0.3 is 15.2 Å². The van der Waals surface area contributed by atoms with Crippen molar-refractivity contribution in [2.75, 3.05) is 13.1 Å². The molecule has 2 N–H and O–H groups in total. The molecule has 6 rings (SSSR count). The average Bonchev–Trinajstić information content (AvgIpc) is 2.87. The van der Waals surface area contributed by atoms with E-state index in [0.717, 1.165) is 37.9 Å². The van der Waals surface area contributed by atoms with Crippen LogP contribution in [0.1, 0.15) is 51.4 Å². The van der Waals surface area contributed by atoms with Crippen LogP contribution in [0.4, 0.5) is 0 Å². The highest BCUT2D eigenvalue weighted by molar-refractivity contribution is 5.95. The zero-order chi connectivity index (χ0) is 15.6. The summed E-state index contributed by atoms with van der Waals surface area (Å²) in [4.78, 5) is 15.2. The third-order valence-electron chi connectivity index (χ3n) is 6.87. The standard InChI is InChI=1S/C18H26N2O3/c21-14-10-18-11(9-13(14)20-8-4-2-6-15(18)20)16(17(22)23-18)12-5-1-3-7-19-12/h12-15,19,21H,1-10H2. The normalized spacial score (nSPS) is 46.6. The number of aliphatic hydroxyl groups is 1. The lowest BCUT2D eigenvalue weighted by Crippen LogP contribution is -2.71. The Kier molecular flexibility index (Phi) is 3.16. The number of hydrogen-bond donors (Lipinski definition) is 2. The van der Waals surface area contributed by atoms with Crippen molar-refractivity contribution in [3.05, 3.63) is 11.1 Å². The summed E-state index contributed by atoms with van der Waals surface area (Å²) in [5.74, 6) is -0.111. The predicted octanol–water partition coefficient (Wildman–Crippen LogP) is 1.11. The Morgan fingerprint density at radius 2 is 2.09 bits per heavy atom. The van der Waals surface area contributed by atoms with Crippen LogP contribution in [0, 0.1) is 0 Å². The number of nitrogens with zero attached hydrogens (tertiary/aromatic N) is 1. The van der Waals surface area contributed by atoms with E-state index in [2.05, 4.69) is 10.2 Å². The highest BCUT2D eigenvalue weighted by Crippen LogP contribution is 2.55. The van der Waals surface area contributed by atoms with Gasteiger partial charge in [-0.15, -0.1) is 0 Å². The molecule has 5 unspecified atom stereocenters. The van der Waals surface area contributed by atoms with Gasteiger partial charge >= 0.3 is 5.97 Å². The molecule has 1 spiro atoms. The van der Waals surface area contributed by atoms with Gasteiger partial charge in [0.05, 0.1) is 17.7 Å². The second-order valence-corrected chi connectivity index (χ2v) is 7.97. The molecule has 0 radical (unpaired) electrons. The minimum absolute atomic E-state index is 0.111. The first kappa shape index (κ1) is 14.4. The Morgan fingerprint density at radius 3 is 2.91 bits per heavy atom. The summed E-state index contributed by atoms with van der Waals surface area (Å²) in [6.07, 6.45) is 7.95. The summed E-state index contributed by atoms with van der Waals surface area (Å²) in [5.41, 5.74) is 1.63. The van der Waals surface area contributed by atoms with Crippen LogP contribution < -0.4 is 5.32 Å². The molecular weight excluding hydrogens is 292 g/mol. The summed E-state index contributed by atoms with van der Waals surface area (Å²) < 4.78 is 6.09. The van der Waals surface area contributed by atoms with Crippen LogP contribution in [0.5, 0.6) is 0 Å². The minimum atomic E-state index is -0.528. The van der Waals surface area contributed by atoms with E-state index >= 15 is 0 Å². The molecule has 0 aromatic carbocycles. The van der Waals surface area contributed by atoms with Crippen LogP contribution in [0.25, 0.3) is 0 Å². The molecule has 5 heterocycles. The molecule has 5 aliphatic heterocycles. The molecule has 1 aliphatic carbocycles. The van der Waals surface area contributed by atoms with Crippen molar-refractivity contribution in [3.63, 3.8) is 0 Å². The Morgan fingerprint density at radius 1 is 1.22 bits per heavy atom. The van der Waals surface area contributed by atoms with Crippen molar-refractivity contribution in [2.45, 2.75) is 81.2 Å². The molecule has 0 amide bonds. The molecule has 5 heteroatoms. The van der Waals surface area contributed by atoms with Gasteiger partial charge in [-0.1, -0.05) is 12.8 Å². The van der Waals surface area contributed by atoms with Crippen molar-refractivity contribution >= 4 is 5.97 Å². The molecule has 5 nitrogen and oxygen atoms in total. The molecular formula is C18H26N2O3. The second kappa shape index (κ2) is 5.04. The number of nitrogens with one attached hydrogen (secondary N) is 1. The van der Waals surface area contributed by atoms with E-state index in [1.807, 2.05) is 0 Å². The van der Waals surface area contributed by atoms with Crippen molar-refractivity contribution in [3.8, 4) is 0 Å². The number of ether oxygens (including phenoxy) is 1. The third kappa shape index (κ3) is 1.87. The quantitative estimate of drug-likeness (QED) is 0.709. The number of aliphatic hydroxyl groups excluding tert-OH is 1. The van der Waals surface area contributed by atoms with E-state index in [4.69, 9.17) is 4.74 Å². The number of carbonyl (C=O) groups excluding carboxylic acids is 1. The molecule has 23 heavy (non-hydrogen) atoms. The van der Waals surface area contributed by atoms with Gasteiger partial charge in [0.2, 0.25) is 0 Å². The van der Waals surface area contributed by atoms with Gasteiger partial charge in [-0.2, -0.15) is 0 Å². The smallest absolute Gasteiger partial charge is 0.336 e. The van der Waals surface area contributed by atoms with Gasteiger partial charge in [0.1, 0.15) is 0 Å². The van der Waals surface area contributed by atoms with E-state index in [9.17, 15) is 9.90 Å². The molecule has 5 atom stereocenters. The molecule has 2 bridgehead atoms. The summed E-state index contributed by atoms with van der Waals surface area (Å²) in [7, 11) is 0. The Labute approximate surface area is 137 Å². The van der Waals surface area contributed by atoms with Gasteiger partial charge in [-0.25, -0.2) is 4.79 Å². The van der Waals surface area contributed by atoms with Crippen molar-refractivity contribution < 1.29 is 14.6 Å². The maximum atomic E-state index is 12.8. The van der Waals surface area contributed by atoms with Gasteiger partial charge in [0, 0.05) is 18.5 Å². The fourth-order valence-electron chi connectivity index (χ4n) is 5.92. The first-order valence-corrected chi connectivity index (χ1v) is 9.35. The van der Waals surface area contributed by atoms with Crippen LogP contribution in [0.3, 0.4) is 0 Å². The van der Waals surface area contributed by atoms with Crippen LogP contribution >= 0.6 is 0 Å². The monoisotopic (exact) mass is 318 g/mol. The number of piperidine rings is 4. The Hall–Kier alpha value is -0.910. The SMILES string of the molecule is O=C1OC23CC(O)C(CC2=C1C1CCCCN1)N1CCCCC13. The number of hydrogen-bond acceptors (Lipinski definition) is 5. The predicted molar refractivity (Wildman–Crippen MR) is 84.9 cm³/mol. The van der Waals surface area contributed by atoms with Gasteiger partial charge in [-0.05, 0) is 50.8 Å². The van der Waals surface area contributed by atoms with Gasteiger partial charge in [0.25, 0.3) is 0 Å². The largest absolute Gasteiger partial charge is 0.449 e. The average molecular weight is 318 g/mol. The van der Waals surface area contributed by atoms with Gasteiger partial charge in [-0.3, -0.25) is 4.90 Å². The third-order valence-corrected chi connectivity index (χ3v) is 6.87. The minimum Gasteiger partial charge on any atom is -0.449 e. The molecule has 0 aromatic rings. The fraction of sp³-hybridized carbons (Fsp3) is 0.833. The summed E-state index contributed by atoms with van der Waals surface area (Å²) in [6.45, 7) is 2.03. The van der Waals surface area contributed by atoms with E-state index in [0.29, 0.717) is 12.5 Å². The highest BCUT2D eigenvalue weighted by Gasteiger charge is 2.65. The second-order valence-electron chi connectivity index (χ2n) is 7.97. The zero-order valence-corrected chi connectivity index (χ0v) is 13.6. The molecule has 126 valence electrons. The topological polar surface area (TPSA) is 61.8 Å². The van der Waals surface area contributed by atoms with E-state index < -0.39 is 5.60 Å². The van der Waals surface area contributed by atoms with Gasteiger partial charge in [0.15, 0.2) is 5.60 Å². The fourth-order valence-corrected chi connectivity index (χ4v) is 5.92. The van der Waals surface area contributed by atoms with Crippen LogP contribution in [-0.2, 0) is 9.53 Å². The lowest BCUT2D eigenvalue weighted by atomic mass is 9.63. The first-order valence-electron chi connectivity index (χ1n) is 9.35. The van der Waals surface area contributed by atoms with Crippen molar-refractivity contribution in [2.24, 2.45) is 0 Å².